The van der Waals surface area contributed by atoms with Gasteiger partial charge in [-0.3, -0.25) is 0 Å². The molecule has 18 heavy (non-hydrogen) atoms. The summed E-state index contributed by atoms with van der Waals surface area (Å²) in [5.41, 5.74) is 1.48. The standard InChI is InChI=1S/C15H26N2S/c1-11(10-17-7-5-6-8-17)16-13(3)15-9-12(2)18-14(15)4/h9,11,13,16H,5-8,10H2,1-4H3. The summed E-state index contributed by atoms with van der Waals surface area (Å²) in [5.74, 6) is 0. The summed E-state index contributed by atoms with van der Waals surface area (Å²) in [7, 11) is 0. The summed E-state index contributed by atoms with van der Waals surface area (Å²) >= 11 is 1.91. The van der Waals surface area contributed by atoms with Crippen molar-refractivity contribution in [2.75, 3.05) is 19.6 Å². The maximum Gasteiger partial charge on any atom is 0.0305 e. The molecule has 2 heterocycles. The van der Waals surface area contributed by atoms with Crippen molar-refractivity contribution in [2.45, 2.75) is 52.6 Å². The lowest BCUT2D eigenvalue weighted by atomic mass is 10.1. The second kappa shape index (κ2) is 6.18. The molecule has 2 atom stereocenters. The maximum absolute atomic E-state index is 3.74. The van der Waals surface area contributed by atoms with Crippen LogP contribution in [0.2, 0.25) is 0 Å². The topological polar surface area (TPSA) is 15.3 Å². The van der Waals surface area contributed by atoms with Crippen LogP contribution in [-0.2, 0) is 0 Å². The van der Waals surface area contributed by atoms with Crippen molar-refractivity contribution in [3.63, 3.8) is 0 Å². The molecule has 2 unspecified atom stereocenters. The van der Waals surface area contributed by atoms with Crippen molar-refractivity contribution >= 4 is 11.3 Å². The Bertz CT molecular complexity index is 380. The van der Waals surface area contributed by atoms with Crippen molar-refractivity contribution in [3.8, 4) is 0 Å². The Labute approximate surface area is 115 Å². The van der Waals surface area contributed by atoms with E-state index in [4.69, 9.17) is 0 Å². The highest BCUT2D eigenvalue weighted by molar-refractivity contribution is 7.12. The molecule has 3 heteroatoms. The van der Waals surface area contributed by atoms with E-state index >= 15 is 0 Å². The average Bonchev–Trinajstić information content (AvgIpc) is 2.88. The number of aryl methyl sites for hydroxylation is 2. The average molecular weight is 266 g/mol. The summed E-state index contributed by atoms with van der Waals surface area (Å²) < 4.78 is 0. The van der Waals surface area contributed by atoms with E-state index in [0.717, 1.165) is 0 Å². The van der Waals surface area contributed by atoms with Gasteiger partial charge in [0.25, 0.3) is 0 Å². The highest BCUT2D eigenvalue weighted by atomic mass is 32.1. The lowest BCUT2D eigenvalue weighted by Gasteiger charge is -2.24. The van der Waals surface area contributed by atoms with Gasteiger partial charge >= 0.3 is 0 Å². The molecule has 2 nitrogen and oxygen atoms in total. The lowest BCUT2D eigenvalue weighted by Crippen LogP contribution is -2.39. The summed E-state index contributed by atoms with van der Waals surface area (Å²) in [6.07, 6.45) is 2.76. The molecule has 0 saturated carbocycles. The van der Waals surface area contributed by atoms with Gasteiger partial charge < -0.3 is 10.2 Å². The summed E-state index contributed by atoms with van der Waals surface area (Å²) in [4.78, 5) is 5.46. The monoisotopic (exact) mass is 266 g/mol. The van der Waals surface area contributed by atoms with Crippen molar-refractivity contribution in [2.24, 2.45) is 0 Å². The molecular formula is C15H26N2S. The molecule has 2 rings (SSSR count). The van der Waals surface area contributed by atoms with Crippen LogP contribution in [0.5, 0.6) is 0 Å². The van der Waals surface area contributed by atoms with Crippen molar-refractivity contribution in [1.82, 2.24) is 10.2 Å². The Morgan fingerprint density at radius 3 is 2.50 bits per heavy atom. The first kappa shape index (κ1) is 14.0. The summed E-state index contributed by atoms with van der Waals surface area (Å²) in [6, 6.07) is 3.37. The Morgan fingerprint density at radius 2 is 1.94 bits per heavy atom. The SMILES string of the molecule is Cc1cc(C(C)NC(C)CN2CCCC2)c(C)s1. The van der Waals surface area contributed by atoms with Gasteiger partial charge in [-0.2, -0.15) is 0 Å². The van der Waals surface area contributed by atoms with Gasteiger partial charge in [0.2, 0.25) is 0 Å². The van der Waals surface area contributed by atoms with Crippen LogP contribution in [0.4, 0.5) is 0 Å². The van der Waals surface area contributed by atoms with Gasteiger partial charge in [0.15, 0.2) is 0 Å². The van der Waals surface area contributed by atoms with Crippen molar-refractivity contribution in [1.29, 1.82) is 0 Å². The highest BCUT2D eigenvalue weighted by Gasteiger charge is 2.17. The third-order valence-electron chi connectivity index (χ3n) is 3.81. The summed E-state index contributed by atoms with van der Waals surface area (Å²) in [5, 5.41) is 3.74. The normalized spacial score (nSPS) is 20.2. The third kappa shape index (κ3) is 3.56. The quantitative estimate of drug-likeness (QED) is 0.877. The van der Waals surface area contributed by atoms with Gasteiger partial charge in [0, 0.05) is 28.4 Å². The molecule has 1 aromatic heterocycles. The van der Waals surface area contributed by atoms with E-state index in [-0.39, 0.29) is 0 Å². The molecule has 0 bridgehead atoms. The second-order valence-corrected chi connectivity index (χ2v) is 7.13. The first-order valence-electron chi connectivity index (χ1n) is 7.11. The molecule has 0 aliphatic carbocycles. The zero-order chi connectivity index (χ0) is 13.1. The van der Waals surface area contributed by atoms with Gasteiger partial charge in [0.1, 0.15) is 0 Å². The number of hydrogen-bond acceptors (Lipinski definition) is 3. The predicted octanol–water partition coefficient (Wildman–Crippen LogP) is 3.50. The molecule has 0 aromatic carbocycles. The van der Waals surface area contributed by atoms with E-state index in [1.54, 1.807) is 0 Å². The first-order valence-corrected chi connectivity index (χ1v) is 7.93. The molecule has 1 aliphatic heterocycles. The molecule has 0 amide bonds. The highest BCUT2D eigenvalue weighted by Crippen LogP contribution is 2.26. The van der Waals surface area contributed by atoms with Crippen LogP contribution in [0.3, 0.4) is 0 Å². The maximum atomic E-state index is 3.74. The summed E-state index contributed by atoms with van der Waals surface area (Å²) in [6.45, 7) is 12.8. The smallest absolute Gasteiger partial charge is 0.0305 e. The van der Waals surface area contributed by atoms with Crippen LogP contribution in [0.1, 0.15) is 48.0 Å². The Morgan fingerprint density at radius 1 is 1.28 bits per heavy atom. The first-order chi connectivity index (χ1) is 8.56. The van der Waals surface area contributed by atoms with Crippen LogP contribution < -0.4 is 5.32 Å². The Hall–Kier alpha value is -0.380. The van der Waals surface area contributed by atoms with Crippen molar-refractivity contribution < 1.29 is 0 Å². The molecule has 0 radical (unpaired) electrons. The van der Waals surface area contributed by atoms with E-state index in [0.29, 0.717) is 12.1 Å². The fraction of sp³-hybridized carbons (Fsp3) is 0.733. The molecule has 1 N–H and O–H groups in total. The molecule has 102 valence electrons. The van der Waals surface area contributed by atoms with E-state index in [9.17, 15) is 0 Å². The number of thiophene rings is 1. The zero-order valence-corrected chi connectivity index (χ0v) is 12.9. The van der Waals surface area contributed by atoms with Crippen molar-refractivity contribution in [3.05, 3.63) is 21.4 Å². The van der Waals surface area contributed by atoms with Crippen LogP contribution in [0, 0.1) is 13.8 Å². The van der Waals surface area contributed by atoms with Crippen LogP contribution in [0.15, 0.2) is 6.07 Å². The van der Waals surface area contributed by atoms with Gasteiger partial charge in [-0.05, 0) is 65.3 Å². The lowest BCUT2D eigenvalue weighted by molar-refractivity contribution is 0.289. The van der Waals surface area contributed by atoms with E-state index in [2.05, 4.69) is 44.0 Å². The molecular weight excluding hydrogens is 240 g/mol. The molecule has 1 aliphatic rings. The molecule has 0 spiro atoms. The van der Waals surface area contributed by atoms with E-state index < -0.39 is 0 Å². The van der Waals surface area contributed by atoms with Crippen LogP contribution in [0.25, 0.3) is 0 Å². The Kier molecular flexibility index (Phi) is 4.82. The number of hydrogen-bond donors (Lipinski definition) is 1. The number of rotatable bonds is 5. The van der Waals surface area contributed by atoms with Gasteiger partial charge in [-0.1, -0.05) is 0 Å². The second-order valence-electron chi connectivity index (χ2n) is 5.67. The van der Waals surface area contributed by atoms with Gasteiger partial charge in [-0.25, -0.2) is 0 Å². The Balaban J connectivity index is 1.86. The predicted molar refractivity (Wildman–Crippen MR) is 80.5 cm³/mol. The largest absolute Gasteiger partial charge is 0.306 e. The molecule has 1 aromatic rings. The minimum absolute atomic E-state index is 0.465. The van der Waals surface area contributed by atoms with Gasteiger partial charge in [0.05, 0.1) is 0 Å². The minimum atomic E-state index is 0.465. The van der Waals surface area contributed by atoms with E-state index in [1.165, 1.54) is 47.8 Å². The van der Waals surface area contributed by atoms with Crippen LogP contribution in [-0.4, -0.2) is 30.6 Å². The number of nitrogens with one attached hydrogen (secondary N) is 1. The third-order valence-corrected chi connectivity index (χ3v) is 4.79. The molecule has 1 fully saturated rings. The fourth-order valence-corrected chi connectivity index (χ4v) is 4.02. The van der Waals surface area contributed by atoms with Gasteiger partial charge in [-0.15, -0.1) is 11.3 Å². The minimum Gasteiger partial charge on any atom is -0.306 e. The van der Waals surface area contributed by atoms with Crippen LogP contribution >= 0.6 is 11.3 Å². The molecule has 1 saturated heterocycles. The number of nitrogens with zero attached hydrogens (tertiary/aromatic N) is 1. The zero-order valence-electron chi connectivity index (χ0n) is 12.1. The van der Waals surface area contributed by atoms with E-state index in [1.807, 2.05) is 11.3 Å². The fourth-order valence-electron chi connectivity index (χ4n) is 3.00. The number of likely N-dealkylation sites (tertiary alicyclic amines) is 1.